The minimum Gasteiger partial charge on any atom is -0.490 e. The molecule has 2 aliphatic heterocycles. The van der Waals surface area contributed by atoms with Crippen LogP contribution in [-0.2, 0) is 10.9 Å². The average molecular weight is 474 g/mol. The predicted octanol–water partition coefficient (Wildman–Crippen LogP) is 4.17. The first kappa shape index (κ1) is 24.1. The Kier molecular flexibility index (Phi) is 6.52. The van der Waals surface area contributed by atoms with Gasteiger partial charge in [-0.1, -0.05) is 6.92 Å². The lowest BCUT2D eigenvalue weighted by Gasteiger charge is -2.49. The van der Waals surface area contributed by atoms with Crippen LogP contribution >= 0.6 is 0 Å². The third-order valence-corrected chi connectivity index (χ3v) is 7.54. The van der Waals surface area contributed by atoms with Gasteiger partial charge in [0.25, 0.3) is 0 Å². The highest BCUT2D eigenvalue weighted by molar-refractivity contribution is 5.71. The van der Waals surface area contributed by atoms with Crippen molar-refractivity contribution in [3.05, 3.63) is 29.6 Å². The molecule has 2 heterocycles. The van der Waals surface area contributed by atoms with E-state index in [4.69, 9.17) is 9.47 Å². The average Bonchev–Trinajstić information content (AvgIpc) is 3.14. The van der Waals surface area contributed by atoms with Crippen LogP contribution in [0.4, 0.5) is 22.4 Å². The smallest absolute Gasteiger partial charge is 0.420 e. The summed E-state index contributed by atoms with van der Waals surface area (Å²) in [5.41, 5.74) is -1.40. The number of hydrogen-bond donors (Lipinski definition) is 2. The maximum atomic E-state index is 13.3. The number of carbonyl (C=O) groups is 1. The summed E-state index contributed by atoms with van der Waals surface area (Å²) in [6.07, 6.45) is -3.30. The van der Waals surface area contributed by atoms with Gasteiger partial charge in [-0.05, 0) is 68.6 Å². The maximum absolute atomic E-state index is 13.3. The summed E-state index contributed by atoms with van der Waals surface area (Å²) in [5, 5.41) is 13.8. The number of aliphatic hydroxyl groups is 1. The van der Waals surface area contributed by atoms with Crippen LogP contribution in [0, 0.1) is 23.6 Å². The first-order valence-electron chi connectivity index (χ1n) is 11.4. The molecule has 10 heteroatoms. The van der Waals surface area contributed by atoms with Gasteiger partial charge in [-0.15, -0.1) is 0 Å². The molecule has 3 atom stereocenters. The fourth-order valence-electron chi connectivity index (χ4n) is 5.38. The highest BCUT2D eigenvalue weighted by atomic mass is 19.4. The summed E-state index contributed by atoms with van der Waals surface area (Å²) in [6, 6.07) is 2.44. The molecular formula is C23H30F4N2O4. The van der Waals surface area contributed by atoms with Crippen LogP contribution in [0.15, 0.2) is 18.2 Å². The number of amides is 1. The molecule has 3 aliphatic rings. The zero-order valence-electron chi connectivity index (χ0n) is 18.7. The molecule has 4 rings (SSSR count). The van der Waals surface area contributed by atoms with Crippen molar-refractivity contribution in [1.82, 2.24) is 10.2 Å². The standard InChI is InChI=1S/C23H30F4N2O4/c1-13(16-10-22(11-16)12-32-21(31)28-22)20(30)29-7-5-15(6-8-29)14(2)33-19-4-3-17(24)9-18(19)23(25,26)27/h3-4,9,13-16,20,30H,5-8,10-12H2,1-2H3,(H,28,31). The molecule has 1 aromatic carbocycles. The Morgan fingerprint density at radius 2 is 1.88 bits per heavy atom. The second-order valence-electron chi connectivity index (χ2n) is 9.76. The van der Waals surface area contributed by atoms with E-state index in [9.17, 15) is 27.5 Å². The number of aliphatic hydroxyl groups excluding tert-OH is 1. The zero-order chi connectivity index (χ0) is 24.0. The first-order valence-corrected chi connectivity index (χ1v) is 11.4. The van der Waals surface area contributed by atoms with Crippen molar-refractivity contribution in [2.45, 2.75) is 63.6 Å². The molecule has 1 aliphatic carbocycles. The Labute approximate surface area is 190 Å². The largest absolute Gasteiger partial charge is 0.490 e. The minimum atomic E-state index is -4.70. The van der Waals surface area contributed by atoms with E-state index in [1.807, 2.05) is 11.8 Å². The van der Waals surface area contributed by atoms with E-state index in [1.54, 1.807) is 6.92 Å². The summed E-state index contributed by atoms with van der Waals surface area (Å²) in [4.78, 5) is 13.3. The summed E-state index contributed by atoms with van der Waals surface area (Å²) in [5.74, 6) is -1.01. The number of nitrogens with one attached hydrogen (secondary N) is 1. The van der Waals surface area contributed by atoms with Crippen molar-refractivity contribution in [2.75, 3.05) is 19.7 Å². The number of benzene rings is 1. The summed E-state index contributed by atoms with van der Waals surface area (Å²) in [6.45, 7) is 5.33. The van der Waals surface area contributed by atoms with E-state index in [0.717, 1.165) is 25.0 Å². The lowest BCUT2D eigenvalue weighted by atomic mass is 9.63. The van der Waals surface area contributed by atoms with Crippen molar-refractivity contribution >= 4 is 6.09 Å². The van der Waals surface area contributed by atoms with Crippen molar-refractivity contribution in [3.8, 4) is 5.75 Å². The van der Waals surface area contributed by atoms with Gasteiger partial charge in [0.15, 0.2) is 0 Å². The molecule has 3 unspecified atom stereocenters. The second kappa shape index (κ2) is 8.94. The fourth-order valence-corrected chi connectivity index (χ4v) is 5.38. The van der Waals surface area contributed by atoms with Gasteiger partial charge in [0.1, 0.15) is 30.0 Å². The number of halogens is 4. The van der Waals surface area contributed by atoms with Crippen molar-refractivity contribution in [3.63, 3.8) is 0 Å². The third kappa shape index (κ3) is 5.06. The molecule has 1 spiro atoms. The molecule has 0 bridgehead atoms. The number of likely N-dealkylation sites (tertiary alicyclic amines) is 1. The highest BCUT2D eigenvalue weighted by Crippen LogP contribution is 2.46. The van der Waals surface area contributed by atoms with E-state index >= 15 is 0 Å². The Hall–Kier alpha value is -2.07. The molecule has 1 saturated carbocycles. The Bertz CT molecular complexity index is 867. The van der Waals surface area contributed by atoms with Gasteiger partial charge in [0, 0.05) is 13.1 Å². The number of ether oxygens (including phenoxy) is 2. The monoisotopic (exact) mass is 474 g/mol. The number of rotatable bonds is 6. The molecule has 0 aromatic heterocycles. The van der Waals surface area contributed by atoms with Crippen LogP contribution in [0.25, 0.3) is 0 Å². The van der Waals surface area contributed by atoms with Crippen molar-refractivity contribution in [2.24, 2.45) is 17.8 Å². The number of alkyl halides is 3. The molecule has 1 aromatic rings. The number of cyclic esters (lactones) is 1. The predicted molar refractivity (Wildman–Crippen MR) is 111 cm³/mol. The SMILES string of the molecule is CC(Oc1ccc(F)cc1C(F)(F)F)C1CCN(C(O)C(C)C2CC3(COC(=O)N3)C2)CC1. The molecule has 3 fully saturated rings. The number of piperidine rings is 1. The molecule has 2 N–H and O–H groups in total. The number of nitrogens with zero attached hydrogens (tertiary/aromatic N) is 1. The number of carbonyl (C=O) groups excluding carboxylic acids is 1. The summed E-state index contributed by atoms with van der Waals surface area (Å²) >= 11 is 0. The number of alkyl carbamates (subject to hydrolysis) is 1. The molecule has 33 heavy (non-hydrogen) atoms. The van der Waals surface area contributed by atoms with Gasteiger partial charge in [0.05, 0.1) is 11.6 Å². The molecule has 1 amide bonds. The van der Waals surface area contributed by atoms with E-state index in [0.29, 0.717) is 38.6 Å². The normalized spacial score (nSPS) is 29.2. The van der Waals surface area contributed by atoms with E-state index in [1.165, 1.54) is 0 Å². The van der Waals surface area contributed by atoms with Gasteiger partial charge in [-0.3, -0.25) is 4.90 Å². The van der Waals surface area contributed by atoms with Crippen molar-refractivity contribution < 1.29 is 36.9 Å². The van der Waals surface area contributed by atoms with E-state index in [2.05, 4.69) is 5.32 Å². The van der Waals surface area contributed by atoms with E-state index in [-0.39, 0.29) is 35.1 Å². The van der Waals surface area contributed by atoms with Crippen LogP contribution in [0.5, 0.6) is 5.75 Å². The Morgan fingerprint density at radius 1 is 1.21 bits per heavy atom. The van der Waals surface area contributed by atoms with Crippen molar-refractivity contribution in [1.29, 1.82) is 0 Å². The zero-order valence-corrected chi connectivity index (χ0v) is 18.7. The van der Waals surface area contributed by atoms with Gasteiger partial charge < -0.3 is 19.9 Å². The Morgan fingerprint density at radius 3 is 2.45 bits per heavy atom. The lowest BCUT2D eigenvalue weighted by Crippen LogP contribution is -2.58. The topological polar surface area (TPSA) is 71.0 Å². The lowest BCUT2D eigenvalue weighted by molar-refractivity contribution is -0.139. The second-order valence-corrected chi connectivity index (χ2v) is 9.76. The maximum Gasteiger partial charge on any atom is 0.420 e. The molecule has 2 saturated heterocycles. The van der Waals surface area contributed by atoms with Crippen LogP contribution < -0.4 is 10.1 Å². The molecular weight excluding hydrogens is 444 g/mol. The first-order chi connectivity index (χ1) is 15.5. The Balaban J connectivity index is 1.28. The van der Waals surface area contributed by atoms with Crippen LogP contribution in [0.3, 0.4) is 0 Å². The summed E-state index contributed by atoms with van der Waals surface area (Å²) in [7, 11) is 0. The molecule has 0 radical (unpaired) electrons. The fraction of sp³-hybridized carbons (Fsp3) is 0.696. The number of hydrogen-bond acceptors (Lipinski definition) is 5. The van der Waals surface area contributed by atoms with Gasteiger partial charge >= 0.3 is 12.3 Å². The molecule has 6 nitrogen and oxygen atoms in total. The molecule has 184 valence electrons. The minimum absolute atomic E-state index is 0.0203. The highest BCUT2D eigenvalue weighted by Gasteiger charge is 2.53. The van der Waals surface area contributed by atoms with Gasteiger partial charge in [-0.2, -0.15) is 13.2 Å². The third-order valence-electron chi connectivity index (χ3n) is 7.54. The quantitative estimate of drug-likeness (QED) is 0.606. The van der Waals surface area contributed by atoms with Crippen LogP contribution in [-0.4, -0.2) is 53.7 Å². The van der Waals surface area contributed by atoms with E-state index < -0.39 is 29.9 Å². The van der Waals surface area contributed by atoms with Gasteiger partial charge in [0.2, 0.25) is 0 Å². The van der Waals surface area contributed by atoms with Crippen LogP contribution in [0.1, 0.15) is 45.1 Å². The summed E-state index contributed by atoms with van der Waals surface area (Å²) < 4.78 is 63.7. The van der Waals surface area contributed by atoms with Gasteiger partial charge in [-0.25, -0.2) is 9.18 Å². The van der Waals surface area contributed by atoms with Crippen LogP contribution in [0.2, 0.25) is 0 Å².